The number of carbonyl (C=O) groups is 2. The first-order valence-corrected chi connectivity index (χ1v) is 11.2. The molecule has 1 fully saturated rings. The number of ether oxygens (including phenoxy) is 2. The van der Waals surface area contributed by atoms with Gasteiger partial charge < -0.3 is 19.7 Å². The third-order valence-electron chi connectivity index (χ3n) is 6.27. The highest BCUT2D eigenvalue weighted by molar-refractivity contribution is 5.95. The Labute approximate surface area is 199 Å². The lowest BCUT2D eigenvalue weighted by atomic mass is 9.87. The zero-order valence-electron chi connectivity index (χ0n) is 19.7. The maximum Gasteiger partial charge on any atom is 0.253 e. The van der Waals surface area contributed by atoms with Crippen molar-refractivity contribution >= 4 is 11.8 Å². The van der Waals surface area contributed by atoms with Crippen LogP contribution in [0.3, 0.4) is 0 Å². The number of amides is 2. The maximum atomic E-state index is 13.4. The Bertz CT molecular complexity index is 1150. The molecule has 2 atom stereocenters. The Balaban J connectivity index is 1.62. The van der Waals surface area contributed by atoms with E-state index < -0.39 is 5.92 Å². The van der Waals surface area contributed by atoms with Crippen molar-refractivity contribution in [3.8, 4) is 11.5 Å². The van der Waals surface area contributed by atoms with Crippen LogP contribution in [0.15, 0.2) is 67.0 Å². The minimum atomic E-state index is -0.438. The van der Waals surface area contributed by atoms with Crippen LogP contribution in [0.2, 0.25) is 0 Å². The Morgan fingerprint density at radius 2 is 1.85 bits per heavy atom. The topological polar surface area (TPSA) is 80.8 Å². The first kappa shape index (κ1) is 23.3. The summed E-state index contributed by atoms with van der Waals surface area (Å²) in [7, 11) is 3.21. The van der Waals surface area contributed by atoms with E-state index in [0.717, 1.165) is 16.7 Å². The average Bonchev–Trinajstić information content (AvgIpc) is 3.33. The molecule has 7 nitrogen and oxygen atoms in total. The van der Waals surface area contributed by atoms with Crippen molar-refractivity contribution in [2.24, 2.45) is 5.92 Å². The second-order valence-electron chi connectivity index (χ2n) is 8.48. The van der Waals surface area contributed by atoms with E-state index in [1.54, 1.807) is 31.5 Å². The van der Waals surface area contributed by atoms with Gasteiger partial charge in [-0.1, -0.05) is 23.8 Å². The van der Waals surface area contributed by atoms with Gasteiger partial charge in [0.2, 0.25) is 5.91 Å². The van der Waals surface area contributed by atoms with Gasteiger partial charge >= 0.3 is 0 Å². The predicted octanol–water partition coefficient (Wildman–Crippen LogP) is 3.58. The van der Waals surface area contributed by atoms with Gasteiger partial charge in [0.15, 0.2) is 0 Å². The van der Waals surface area contributed by atoms with Crippen molar-refractivity contribution in [3.05, 3.63) is 89.2 Å². The third kappa shape index (κ3) is 5.03. The van der Waals surface area contributed by atoms with Gasteiger partial charge in [0.25, 0.3) is 5.91 Å². The lowest BCUT2D eigenvalue weighted by molar-refractivity contribution is -0.125. The summed E-state index contributed by atoms with van der Waals surface area (Å²) in [5.41, 5.74) is 3.46. The summed E-state index contributed by atoms with van der Waals surface area (Å²) < 4.78 is 11.0. The summed E-state index contributed by atoms with van der Waals surface area (Å²) in [5, 5.41) is 3.02. The minimum Gasteiger partial charge on any atom is -0.497 e. The molecule has 0 saturated carbocycles. The number of methoxy groups -OCH3 is 2. The molecule has 4 rings (SSSR count). The molecule has 1 aromatic heterocycles. The number of nitrogens with zero attached hydrogens (tertiary/aromatic N) is 2. The summed E-state index contributed by atoms with van der Waals surface area (Å²) in [6, 6.07) is 16.8. The van der Waals surface area contributed by atoms with Gasteiger partial charge in [0.1, 0.15) is 11.5 Å². The fraction of sp³-hybridized carbons (Fsp3) is 0.296. The highest BCUT2D eigenvalue weighted by Gasteiger charge is 2.41. The largest absolute Gasteiger partial charge is 0.497 e. The summed E-state index contributed by atoms with van der Waals surface area (Å²) >= 11 is 0. The number of aromatic nitrogens is 1. The number of aryl methyl sites for hydroxylation is 1. The molecule has 0 aliphatic carbocycles. The fourth-order valence-corrected chi connectivity index (χ4v) is 4.38. The van der Waals surface area contributed by atoms with E-state index in [9.17, 15) is 9.59 Å². The molecule has 0 radical (unpaired) electrons. The minimum absolute atomic E-state index is 0.0885. The smallest absolute Gasteiger partial charge is 0.253 e. The molecule has 7 heteroatoms. The van der Waals surface area contributed by atoms with E-state index in [1.165, 1.54) is 0 Å². The Morgan fingerprint density at radius 3 is 2.53 bits per heavy atom. The van der Waals surface area contributed by atoms with Crippen LogP contribution in [-0.2, 0) is 11.3 Å². The van der Waals surface area contributed by atoms with E-state index in [1.807, 2.05) is 61.5 Å². The lowest BCUT2D eigenvalue weighted by Gasteiger charge is -2.21. The second-order valence-corrected chi connectivity index (χ2v) is 8.48. The molecule has 1 aliphatic heterocycles. The van der Waals surface area contributed by atoms with E-state index in [0.29, 0.717) is 36.7 Å². The lowest BCUT2D eigenvalue weighted by Crippen LogP contribution is -2.35. The van der Waals surface area contributed by atoms with Gasteiger partial charge in [-0.2, -0.15) is 0 Å². The normalized spacial score (nSPS) is 17.3. The molecule has 1 N–H and O–H groups in total. The summed E-state index contributed by atoms with van der Waals surface area (Å²) in [6.45, 7) is 3.08. The van der Waals surface area contributed by atoms with Crippen LogP contribution >= 0.6 is 0 Å². The number of likely N-dealkylation sites (tertiary alicyclic amines) is 1. The Morgan fingerprint density at radius 1 is 1.06 bits per heavy atom. The molecule has 2 aromatic carbocycles. The number of hydrogen-bond donors (Lipinski definition) is 1. The van der Waals surface area contributed by atoms with Crippen LogP contribution in [0.25, 0.3) is 0 Å². The van der Waals surface area contributed by atoms with Crippen LogP contribution in [0.1, 0.15) is 33.0 Å². The number of rotatable bonds is 7. The number of benzene rings is 2. The van der Waals surface area contributed by atoms with Gasteiger partial charge in [-0.25, -0.2) is 0 Å². The monoisotopic (exact) mass is 459 g/mol. The van der Waals surface area contributed by atoms with Gasteiger partial charge in [0, 0.05) is 49.1 Å². The number of carbonyl (C=O) groups excluding carboxylic acids is 2. The van der Waals surface area contributed by atoms with Crippen LogP contribution in [0.4, 0.5) is 0 Å². The molecule has 2 heterocycles. The Kier molecular flexibility index (Phi) is 7.11. The Hall–Kier alpha value is -3.87. The second kappa shape index (κ2) is 10.4. The first-order valence-electron chi connectivity index (χ1n) is 11.2. The van der Waals surface area contributed by atoms with Crippen LogP contribution in [0, 0.1) is 12.8 Å². The predicted molar refractivity (Wildman–Crippen MR) is 129 cm³/mol. The van der Waals surface area contributed by atoms with Crippen LogP contribution in [0.5, 0.6) is 11.5 Å². The van der Waals surface area contributed by atoms with Crippen LogP contribution in [-0.4, -0.2) is 49.0 Å². The van der Waals surface area contributed by atoms with Crippen molar-refractivity contribution < 1.29 is 19.1 Å². The molecule has 3 aromatic rings. The first-order chi connectivity index (χ1) is 16.5. The molecule has 176 valence electrons. The zero-order chi connectivity index (χ0) is 24.1. The molecular formula is C27H29N3O4. The van der Waals surface area contributed by atoms with Crippen molar-refractivity contribution in [3.63, 3.8) is 0 Å². The van der Waals surface area contributed by atoms with Gasteiger partial charge in [-0.15, -0.1) is 0 Å². The van der Waals surface area contributed by atoms with Crippen molar-refractivity contribution in [2.75, 3.05) is 27.3 Å². The van der Waals surface area contributed by atoms with Gasteiger partial charge in [0.05, 0.1) is 20.1 Å². The van der Waals surface area contributed by atoms with E-state index >= 15 is 0 Å². The highest BCUT2D eigenvalue weighted by atomic mass is 16.5. The van der Waals surface area contributed by atoms with E-state index in [-0.39, 0.29) is 17.7 Å². The van der Waals surface area contributed by atoms with Gasteiger partial charge in [-0.05, 0) is 48.9 Å². The van der Waals surface area contributed by atoms with Crippen molar-refractivity contribution in [2.45, 2.75) is 19.4 Å². The standard InChI is InChI=1S/C27H29N3O4/c1-18-6-8-20(9-7-18)27(32)30-16-23(22-13-21(33-2)10-11-25(22)34-3)24(17-30)26(31)29-15-19-5-4-12-28-14-19/h4-14,23-24H,15-17H2,1-3H3,(H,29,31)/t23-,24+/m0/s1. The summed E-state index contributed by atoms with van der Waals surface area (Å²) in [4.78, 5) is 32.5. The molecule has 1 aliphatic rings. The average molecular weight is 460 g/mol. The highest BCUT2D eigenvalue weighted by Crippen LogP contribution is 2.40. The zero-order valence-corrected chi connectivity index (χ0v) is 19.7. The maximum absolute atomic E-state index is 13.4. The van der Waals surface area contributed by atoms with Crippen molar-refractivity contribution in [1.82, 2.24) is 15.2 Å². The quantitative estimate of drug-likeness (QED) is 0.584. The molecule has 34 heavy (non-hydrogen) atoms. The molecule has 0 unspecified atom stereocenters. The van der Waals surface area contributed by atoms with E-state index in [4.69, 9.17) is 9.47 Å². The molecular weight excluding hydrogens is 430 g/mol. The molecule has 1 saturated heterocycles. The number of nitrogens with one attached hydrogen (secondary N) is 1. The SMILES string of the molecule is COc1ccc(OC)c([C@@H]2CN(C(=O)c3ccc(C)cc3)C[C@H]2C(=O)NCc2cccnc2)c1. The number of pyridine rings is 1. The van der Waals surface area contributed by atoms with Crippen molar-refractivity contribution in [1.29, 1.82) is 0 Å². The third-order valence-corrected chi connectivity index (χ3v) is 6.27. The van der Waals surface area contributed by atoms with Gasteiger partial charge in [-0.3, -0.25) is 14.6 Å². The van der Waals surface area contributed by atoms with Crippen LogP contribution < -0.4 is 14.8 Å². The molecule has 2 amide bonds. The molecule has 0 bridgehead atoms. The van der Waals surface area contributed by atoms with E-state index in [2.05, 4.69) is 10.3 Å². The number of hydrogen-bond acceptors (Lipinski definition) is 5. The summed E-state index contributed by atoms with van der Waals surface area (Å²) in [6.07, 6.45) is 3.42. The summed E-state index contributed by atoms with van der Waals surface area (Å²) in [5.74, 6) is 0.460. The fourth-order valence-electron chi connectivity index (χ4n) is 4.38. The molecule has 0 spiro atoms.